The summed E-state index contributed by atoms with van der Waals surface area (Å²) in [5.74, 6) is 1.60. The molecule has 1 aromatic carbocycles. The summed E-state index contributed by atoms with van der Waals surface area (Å²) in [5.41, 5.74) is 9.44. The second-order valence-electron chi connectivity index (χ2n) is 6.90. The van der Waals surface area contributed by atoms with E-state index in [0.29, 0.717) is 0 Å². The van der Waals surface area contributed by atoms with Crippen LogP contribution in [0.4, 0.5) is 0 Å². The zero-order valence-electron chi connectivity index (χ0n) is 12.2. The Kier molecular flexibility index (Phi) is 3.40. The topological polar surface area (TPSA) is 29.3 Å². The Hall–Kier alpha value is -0.860. The molecule has 1 saturated heterocycles. The lowest BCUT2D eigenvalue weighted by molar-refractivity contribution is 0.0346. The highest BCUT2D eigenvalue weighted by Crippen LogP contribution is 2.37. The Morgan fingerprint density at radius 1 is 1.11 bits per heavy atom. The molecule has 2 N–H and O–H groups in total. The molecule has 104 valence electrons. The summed E-state index contributed by atoms with van der Waals surface area (Å²) in [6.45, 7) is 7.98. The van der Waals surface area contributed by atoms with E-state index in [1.165, 1.54) is 30.6 Å². The highest BCUT2D eigenvalue weighted by Gasteiger charge is 2.43. The molecule has 19 heavy (non-hydrogen) atoms. The number of hydrogen-bond donors (Lipinski definition) is 1. The van der Waals surface area contributed by atoms with Crippen LogP contribution in [0.25, 0.3) is 0 Å². The summed E-state index contributed by atoms with van der Waals surface area (Å²) < 4.78 is 0. The van der Waals surface area contributed by atoms with Crippen molar-refractivity contribution in [3.63, 3.8) is 0 Å². The maximum atomic E-state index is 6.23. The van der Waals surface area contributed by atoms with Crippen molar-refractivity contribution in [1.82, 2.24) is 4.90 Å². The molecule has 0 saturated carbocycles. The van der Waals surface area contributed by atoms with Gasteiger partial charge in [-0.2, -0.15) is 0 Å². The number of benzene rings is 1. The third-order valence-corrected chi connectivity index (χ3v) is 5.08. The van der Waals surface area contributed by atoms with Gasteiger partial charge in [0.05, 0.1) is 0 Å². The van der Waals surface area contributed by atoms with Crippen molar-refractivity contribution < 1.29 is 0 Å². The number of nitrogens with zero attached hydrogens (tertiary/aromatic N) is 1. The van der Waals surface area contributed by atoms with Crippen LogP contribution in [-0.4, -0.2) is 30.1 Å². The Morgan fingerprint density at radius 2 is 1.63 bits per heavy atom. The molecule has 2 atom stereocenters. The predicted octanol–water partition coefficient (Wildman–Crippen LogP) is 2.46. The zero-order chi connectivity index (χ0) is 13.5. The molecule has 0 amide bonds. The van der Waals surface area contributed by atoms with Gasteiger partial charge in [0.15, 0.2) is 0 Å². The molecule has 2 unspecified atom stereocenters. The number of piperidine rings is 1. The standard InChI is InChI=1S/C17H26N2/c1-13-7-14(2)11-19(10-13)17(12-18)8-15-5-3-4-6-16(15)9-17/h3-6,13-14H,7-12,18H2,1-2H3. The Labute approximate surface area is 117 Å². The van der Waals surface area contributed by atoms with Crippen LogP contribution in [-0.2, 0) is 12.8 Å². The highest BCUT2D eigenvalue weighted by molar-refractivity contribution is 5.36. The van der Waals surface area contributed by atoms with Crippen molar-refractivity contribution in [1.29, 1.82) is 0 Å². The van der Waals surface area contributed by atoms with E-state index in [0.717, 1.165) is 31.2 Å². The average molecular weight is 258 g/mol. The highest BCUT2D eigenvalue weighted by atomic mass is 15.2. The van der Waals surface area contributed by atoms with Crippen LogP contribution >= 0.6 is 0 Å². The molecular formula is C17H26N2. The van der Waals surface area contributed by atoms with Crippen LogP contribution in [0.15, 0.2) is 24.3 Å². The molecule has 0 spiro atoms. The molecule has 1 aliphatic heterocycles. The molecular weight excluding hydrogens is 232 g/mol. The van der Waals surface area contributed by atoms with Crippen molar-refractivity contribution in [2.24, 2.45) is 17.6 Å². The van der Waals surface area contributed by atoms with Crippen LogP contribution in [0.5, 0.6) is 0 Å². The van der Waals surface area contributed by atoms with E-state index < -0.39 is 0 Å². The largest absolute Gasteiger partial charge is 0.329 e. The minimum Gasteiger partial charge on any atom is -0.329 e. The first-order valence-electron chi connectivity index (χ1n) is 7.65. The van der Waals surface area contributed by atoms with Gasteiger partial charge in [0.25, 0.3) is 0 Å². The normalized spacial score (nSPS) is 30.3. The molecule has 1 heterocycles. The van der Waals surface area contributed by atoms with Gasteiger partial charge in [-0.25, -0.2) is 0 Å². The van der Waals surface area contributed by atoms with Crippen LogP contribution in [0.3, 0.4) is 0 Å². The van der Waals surface area contributed by atoms with Crippen molar-refractivity contribution in [3.05, 3.63) is 35.4 Å². The number of nitrogens with two attached hydrogens (primary N) is 1. The van der Waals surface area contributed by atoms with Gasteiger partial charge in [-0.05, 0) is 42.2 Å². The third kappa shape index (κ3) is 2.32. The Balaban J connectivity index is 1.86. The second-order valence-corrected chi connectivity index (χ2v) is 6.90. The summed E-state index contributed by atoms with van der Waals surface area (Å²) in [6, 6.07) is 8.88. The molecule has 2 aliphatic rings. The van der Waals surface area contributed by atoms with Gasteiger partial charge >= 0.3 is 0 Å². The van der Waals surface area contributed by atoms with Crippen molar-refractivity contribution in [3.8, 4) is 0 Å². The molecule has 0 bridgehead atoms. The summed E-state index contributed by atoms with van der Waals surface area (Å²) in [6.07, 6.45) is 3.64. The maximum Gasteiger partial charge on any atom is 0.0412 e. The second kappa shape index (κ2) is 4.92. The van der Waals surface area contributed by atoms with E-state index in [9.17, 15) is 0 Å². The van der Waals surface area contributed by atoms with Crippen LogP contribution in [0.2, 0.25) is 0 Å². The van der Waals surface area contributed by atoms with Crippen molar-refractivity contribution in [2.75, 3.05) is 19.6 Å². The molecule has 0 aromatic heterocycles. The summed E-state index contributed by atoms with van der Waals surface area (Å²) in [7, 11) is 0. The minimum atomic E-state index is 0.187. The number of likely N-dealkylation sites (tertiary alicyclic amines) is 1. The van der Waals surface area contributed by atoms with E-state index in [-0.39, 0.29) is 5.54 Å². The number of rotatable bonds is 2. The van der Waals surface area contributed by atoms with Gasteiger partial charge in [0.2, 0.25) is 0 Å². The first-order chi connectivity index (χ1) is 9.13. The SMILES string of the molecule is CC1CC(C)CN(C2(CN)Cc3ccccc3C2)C1. The van der Waals surface area contributed by atoms with Crippen molar-refractivity contribution in [2.45, 2.75) is 38.6 Å². The summed E-state index contributed by atoms with van der Waals surface area (Å²) in [4.78, 5) is 2.70. The smallest absolute Gasteiger partial charge is 0.0412 e. The fourth-order valence-corrected chi connectivity index (χ4v) is 4.22. The van der Waals surface area contributed by atoms with E-state index in [1.54, 1.807) is 0 Å². The fraction of sp³-hybridized carbons (Fsp3) is 0.647. The lowest BCUT2D eigenvalue weighted by Crippen LogP contribution is -2.58. The fourth-order valence-electron chi connectivity index (χ4n) is 4.22. The third-order valence-electron chi connectivity index (χ3n) is 5.08. The monoisotopic (exact) mass is 258 g/mol. The van der Waals surface area contributed by atoms with Gasteiger partial charge in [-0.1, -0.05) is 38.1 Å². The van der Waals surface area contributed by atoms with Gasteiger partial charge in [0.1, 0.15) is 0 Å². The minimum absolute atomic E-state index is 0.187. The quantitative estimate of drug-likeness (QED) is 0.883. The Bertz CT molecular complexity index is 419. The average Bonchev–Trinajstić information content (AvgIpc) is 2.77. The molecule has 1 fully saturated rings. The lowest BCUT2D eigenvalue weighted by atomic mass is 9.85. The molecule has 1 aromatic rings. The van der Waals surface area contributed by atoms with Crippen LogP contribution in [0, 0.1) is 11.8 Å². The summed E-state index contributed by atoms with van der Waals surface area (Å²) >= 11 is 0. The maximum absolute atomic E-state index is 6.23. The van der Waals surface area contributed by atoms with E-state index >= 15 is 0 Å². The first-order valence-corrected chi connectivity index (χ1v) is 7.65. The Morgan fingerprint density at radius 3 is 2.11 bits per heavy atom. The first kappa shape index (κ1) is 13.1. The predicted molar refractivity (Wildman–Crippen MR) is 80.2 cm³/mol. The lowest BCUT2D eigenvalue weighted by Gasteiger charge is -2.46. The number of hydrogen-bond acceptors (Lipinski definition) is 2. The molecule has 2 nitrogen and oxygen atoms in total. The van der Waals surface area contributed by atoms with Crippen LogP contribution < -0.4 is 5.73 Å². The molecule has 3 rings (SSSR count). The zero-order valence-corrected chi connectivity index (χ0v) is 12.2. The molecule has 2 heteroatoms. The molecule has 0 radical (unpaired) electrons. The van der Waals surface area contributed by atoms with Gasteiger partial charge < -0.3 is 5.73 Å². The van der Waals surface area contributed by atoms with Crippen LogP contribution in [0.1, 0.15) is 31.4 Å². The van der Waals surface area contributed by atoms with E-state index in [4.69, 9.17) is 5.73 Å². The van der Waals surface area contributed by atoms with E-state index in [1.807, 2.05) is 0 Å². The summed E-state index contributed by atoms with van der Waals surface area (Å²) in [5, 5.41) is 0. The van der Waals surface area contributed by atoms with Gasteiger partial charge in [0, 0.05) is 25.2 Å². The van der Waals surface area contributed by atoms with Gasteiger partial charge in [-0.15, -0.1) is 0 Å². The molecule has 1 aliphatic carbocycles. The van der Waals surface area contributed by atoms with Gasteiger partial charge in [-0.3, -0.25) is 4.90 Å². The van der Waals surface area contributed by atoms with Crippen molar-refractivity contribution >= 4 is 0 Å². The van der Waals surface area contributed by atoms with E-state index in [2.05, 4.69) is 43.0 Å². The number of fused-ring (bicyclic) bond motifs is 1.